The predicted molar refractivity (Wildman–Crippen MR) is 61.2 cm³/mol. The number of nitrogens with zero attached hydrogens (tertiary/aromatic N) is 3. The lowest BCUT2D eigenvalue weighted by Crippen LogP contribution is -2.26. The molecule has 0 unspecified atom stereocenters. The number of hydrogen-bond acceptors (Lipinski definition) is 3. The molecule has 0 bridgehead atoms. The lowest BCUT2D eigenvalue weighted by atomic mass is 10.2. The average Bonchev–Trinajstić information content (AvgIpc) is 2.39. The molecule has 0 fully saturated rings. The largest absolute Gasteiger partial charge is 0.311 e. The van der Waals surface area contributed by atoms with E-state index < -0.39 is 0 Å². The number of amides is 1. The van der Waals surface area contributed by atoms with Gasteiger partial charge >= 0.3 is 0 Å². The van der Waals surface area contributed by atoms with Crippen LogP contribution in [0.2, 0.25) is 0 Å². The number of carbonyl (C=O) groups excluding carboxylic acids is 1. The molecule has 0 saturated carbocycles. The van der Waals surface area contributed by atoms with E-state index in [9.17, 15) is 4.79 Å². The van der Waals surface area contributed by atoms with Crippen LogP contribution >= 0.6 is 0 Å². The molecule has 16 heavy (non-hydrogen) atoms. The third kappa shape index (κ3) is 2.06. The Balaban J connectivity index is 2.24. The summed E-state index contributed by atoms with van der Waals surface area (Å²) in [6.45, 7) is 0. The number of para-hydroxylation sites is 1. The highest BCUT2D eigenvalue weighted by Gasteiger charge is 2.12. The van der Waals surface area contributed by atoms with Crippen molar-refractivity contribution in [1.82, 2.24) is 9.97 Å². The van der Waals surface area contributed by atoms with Gasteiger partial charge in [-0.2, -0.15) is 0 Å². The van der Waals surface area contributed by atoms with Crippen LogP contribution in [0.4, 0.5) is 5.69 Å². The second-order valence-electron chi connectivity index (χ2n) is 3.33. The zero-order chi connectivity index (χ0) is 11.4. The number of aromatic nitrogens is 2. The van der Waals surface area contributed by atoms with Gasteiger partial charge in [0, 0.05) is 25.1 Å². The molecule has 0 atom stereocenters. The highest BCUT2D eigenvalue weighted by Crippen LogP contribution is 2.13. The van der Waals surface area contributed by atoms with Crippen molar-refractivity contribution < 1.29 is 4.79 Å². The molecule has 80 valence electrons. The summed E-state index contributed by atoms with van der Waals surface area (Å²) in [6, 6.07) is 9.44. The van der Waals surface area contributed by atoms with Crippen molar-refractivity contribution in [2.75, 3.05) is 11.9 Å². The second-order valence-corrected chi connectivity index (χ2v) is 3.33. The minimum atomic E-state index is -0.119. The molecule has 2 aromatic rings. The Morgan fingerprint density at radius 2 is 1.75 bits per heavy atom. The third-order valence-electron chi connectivity index (χ3n) is 2.26. The van der Waals surface area contributed by atoms with E-state index >= 15 is 0 Å². The summed E-state index contributed by atoms with van der Waals surface area (Å²) in [5, 5.41) is 0. The SMILES string of the molecule is CN(C(=O)c1cncnc1)c1ccccc1. The van der Waals surface area contributed by atoms with Crippen LogP contribution in [0.15, 0.2) is 49.1 Å². The summed E-state index contributed by atoms with van der Waals surface area (Å²) >= 11 is 0. The first-order chi connectivity index (χ1) is 7.79. The first-order valence-electron chi connectivity index (χ1n) is 4.87. The Hall–Kier alpha value is -2.23. The van der Waals surface area contributed by atoms with E-state index in [4.69, 9.17) is 0 Å². The quantitative estimate of drug-likeness (QED) is 0.763. The van der Waals surface area contributed by atoms with Crippen LogP contribution in [0.25, 0.3) is 0 Å². The van der Waals surface area contributed by atoms with Gasteiger partial charge in [0.25, 0.3) is 5.91 Å². The number of rotatable bonds is 2. The Labute approximate surface area is 93.6 Å². The second kappa shape index (κ2) is 4.53. The van der Waals surface area contributed by atoms with Crippen molar-refractivity contribution in [2.45, 2.75) is 0 Å². The molecule has 0 spiro atoms. The molecule has 1 aromatic heterocycles. The van der Waals surface area contributed by atoms with Crippen LogP contribution in [-0.4, -0.2) is 22.9 Å². The van der Waals surface area contributed by atoms with E-state index in [1.807, 2.05) is 30.3 Å². The van der Waals surface area contributed by atoms with Gasteiger partial charge in [0.05, 0.1) is 5.56 Å². The number of carbonyl (C=O) groups is 1. The van der Waals surface area contributed by atoms with Crippen LogP contribution in [0, 0.1) is 0 Å². The molecule has 0 saturated heterocycles. The Morgan fingerprint density at radius 3 is 2.38 bits per heavy atom. The van der Waals surface area contributed by atoms with E-state index in [-0.39, 0.29) is 5.91 Å². The van der Waals surface area contributed by atoms with Crippen LogP contribution < -0.4 is 4.90 Å². The molecule has 0 aliphatic rings. The van der Waals surface area contributed by atoms with Crippen molar-refractivity contribution in [3.05, 3.63) is 54.6 Å². The van der Waals surface area contributed by atoms with Gasteiger partial charge in [0.1, 0.15) is 6.33 Å². The standard InChI is InChI=1S/C12H11N3O/c1-15(11-5-3-2-4-6-11)12(16)10-7-13-9-14-8-10/h2-9H,1H3. The van der Waals surface area contributed by atoms with Crippen molar-refractivity contribution in [2.24, 2.45) is 0 Å². The molecule has 1 heterocycles. The van der Waals surface area contributed by atoms with E-state index in [1.165, 1.54) is 18.7 Å². The van der Waals surface area contributed by atoms with E-state index in [1.54, 1.807) is 11.9 Å². The van der Waals surface area contributed by atoms with Crippen molar-refractivity contribution in [3.8, 4) is 0 Å². The van der Waals surface area contributed by atoms with Crippen molar-refractivity contribution in [1.29, 1.82) is 0 Å². The van der Waals surface area contributed by atoms with Gasteiger partial charge in [0.2, 0.25) is 0 Å². The Bertz CT molecular complexity index is 470. The monoisotopic (exact) mass is 213 g/mol. The minimum Gasteiger partial charge on any atom is -0.311 e. The van der Waals surface area contributed by atoms with Gasteiger partial charge in [-0.1, -0.05) is 18.2 Å². The molecule has 0 N–H and O–H groups in total. The fourth-order valence-electron chi connectivity index (χ4n) is 1.37. The first-order valence-corrected chi connectivity index (χ1v) is 4.87. The van der Waals surface area contributed by atoms with Gasteiger partial charge in [-0.3, -0.25) is 4.79 Å². The topological polar surface area (TPSA) is 46.1 Å². The van der Waals surface area contributed by atoms with E-state index in [2.05, 4.69) is 9.97 Å². The highest BCUT2D eigenvalue weighted by molar-refractivity contribution is 6.05. The zero-order valence-electron chi connectivity index (χ0n) is 8.87. The summed E-state index contributed by atoms with van der Waals surface area (Å²) in [5.41, 5.74) is 1.32. The van der Waals surface area contributed by atoms with Crippen LogP contribution in [-0.2, 0) is 0 Å². The Kier molecular flexibility index (Phi) is 2.91. The highest BCUT2D eigenvalue weighted by atomic mass is 16.2. The molecular formula is C12H11N3O. The molecule has 0 radical (unpaired) electrons. The lowest BCUT2D eigenvalue weighted by Gasteiger charge is -2.16. The molecule has 2 rings (SSSR count). The summed E-state index contributed by atoms with van der Waals surface area (Å²) in [5.74, 6) is -0.119. The molecule has 0 aliphatic carbocycles. The van der Waals surface area contributed by atoms with E-state index in [0.717, 1.165) is 5.69 Å². The fraction of sp³-hybridized carbons (Fsp3) is 0.0833. The van der Waals surface area contributed by atoms with Crippen molar-refractivity contribution in [3.63, 3.8) is 0 Å². The lowest BCUT2D eigenvalue weighted by molar-refractivity contribution is 0.0992. The number of anilines is 1. The molecule has 1 amide bonds. The number of hydrogen-bond donors (Lipinski definition) is 0. The van der Waals surface area contributed by atoms with Crippen molar-refractivity contribution >= 4 is 11.6 Å². The number of benzene rings is 1. The summed E-state index contributed by atoms with van der Waals surface area (Å²) in [6.07, 6.45) is 4.42. The Morgan fingerprint density at radius 1 is 1.12 bits per heavy atom. The molecule has 1 aromatic carbocycles. The van der Waals surface area contributed by atoms with Gasteiger partial charge in [-0.15, -0.1) is 0 Å². The normalized spacial score (nSPS) is 9.81. The van der Waals surface area contributed by atoms with Gasteiger partial charge < -0.3 is 4.90 Å². The molecule has 4 nitrogen and oxygen atoms in total. The van der Waals surface area contributed by atoms with Gasteiger partial charge in [0.15, 0.2) is 0 Å². The minimum absolute atomic E-state index is 0.119. The fourth-order valence-corrected chi connectivity index (χ4v) is 1.37. The van der Waals surface area contributed by atoms with Gasteiger partial charge in [-0.05, 0) is 12.1 Å². The average molecular weight is 213 g/mol. The maximum absolute atomic E-state index is 12.0. The molecule has 4 heteroatoms. The first kappa shape index (κ1) is 10.3. The summed E-state index contributed by atoms with van der Waals surface area (Å²) in [7, 11) is 1.73. The maximum Gasteiger partial charge on any atom is 0.261 e. The molecule has 0 aliphatic heterocycles. The summed E-state index contributed by atoms with van der Waals surface area (Å²) in [4.78, 5) is 21.2. The third-order valence-corrected chi connectivity index (χ3v) is 2.26. The summed E-state index contributed by atoms with van der Waals surface area (Å²) < 4.78 is 0. The molecular weight excluding hydrogens is 202 g/mol. The van der Waals surface area contributed by atoms with E-state index in [0.29, 0.717) is 5.56 Å². The van der Waals surface area contributed by atoms with Crippen LogP contribution in [0.1, 0.15) is 10.4 Å². The van der Waals surface area contributed by atoms with Gasteiger partial charge in [-0.25, -0.2) is 9.97 Å². The smallest absolute Gasteiger partial charge is 0.261 e. The van der Waals surface area contributed by atoms with Crippen LogP contribution in [0.5, 0.6) is 0 Å². The van der Waals surface area contributed by atoms with Crippen LogP contribution in [0.3, 0.4) is 0 Å². The zero-order valence-corrected chi connectivity index (χ0v) is 8.87. The predicted octanol–water partition coefficient (Wildman–Crippen LogP) is 1.75. The maximum atomic E-state index is 12.0.